The molecule has 2 N–H and O–H groups in total. The molecule has 2 aromatic heterocycles. The van der Waals surface area contributed by atoms with E-state index in [4.69, 9.17) is 5.73 Å². The van der Waals surface area contributed by atoms with Gasteiger partial charge in [-0.1, -0.05) is 6.07 Å². The van der Waals surface area contributed by atoms with Gasteiger partial charge in [-0.25, -0.2) is 9.97 Å². The molecule has 0 fully saturated rings. The monoisotopic (exact) mass is 225 g/mol. The van der Waals surface area contributed by atoms with Crippen LogP contribution in [0, 0.1) is 0 Å². The van der Waals surface area contributed by atoms with Crippen LogP contribution >= 0.6 is 0 Å². The van der Waals surface area contributed by atoms with Crippen LogP contribution in [0.25, 0.3) is 22.0 Å². The first-order chi connectivity index (χ1) is 8.24. The molecule has 17 heavy (non-hydrogen) atoms. The molecule has 0 aliphatic heterocycles. The molecule has 0 unspecified atom stereocenters. The minimum absolute atomic E-state index is 0.507. The summed E-state index contributed by atoms with van der Waals surface area (Å²) in [5.74, 6) is 0.507. The first kappa shape index (κ1) is 9.77. The molecule has 0 atom stereocenters. The van der Waals surface area contributed by atoms with E-state index >= 15 is 0 Å². The maximum atomic E-state index is 5.78. The molecule has 84 valence electrons. The lowest BCUT2D eigenvalue weighted by atomic mass is 10.1. The van der Waals surface area contributed by atoms with E-state index in [2.05, 4.69) is 15.1 Å². The molecular weight excluding hydrogens is 214 g/mol. The van der Waals surface area contributed by atoms with Gasteiger partial charge >= 0.3 is 0 Å². The molecule has 0 spiro atoms. The van der Waals surface area contributed by atoms with E-state index < -0.39 is 0 Å². The normalized spacial score (nSPS) is 10.9. The molecule has 3 aromatic rings. The van der Waals surface area contributed by atoms with Crippen molar-refractivity contribution in [2.45, 2.75) is 0 Å². The Morgan fingerprint density at radius 1 is 1.18 bits per heavy atom. The van der Waals surface area contributed by atoms with E-state index in [0.29, 0.717) is 5.82 Å². The van der Waals surface area contributed by atoms with Gasteiger partial charge < -0.3 is 5.73 Å². The Labute approximate surface area is 97.9 Å². The molecule has 0 aliphatic rings. The van der Waals surface area contributed by atoms with Gasteiger partial charge in [0.25, 0.3) is 0 Å². The van der Waals surface area contributed by atoms with E-state index in [0.717, 1.165) is 22.0 Å². The molecule has 0 aliphatic carbocycles. The zero-order valence-electron chi connectivity index (χ0n) is 9.33. The van der Waals surface area contributed by atoms with E-state index in [1.54, 1.807) is 4.68 Å². The smallest absolute Gasteiger partial charge is 0.134 e. The minimum Gasteiger partial charge on any atom is -0.383 e. The van der Waals surface area contributed by atoms with Crippen LogP contribution in [0.4, 0.5) is 5.82 Å². The molecule has 0 radical (unpaired) electrons. The summed E-state index contributed by atoms with van der Waals surface area (Å²) in [4.78, 5) is 8.18. The van der Waals surface area contributed by atoms with Gasteiger partial charge in [-0.15, -0.1) is 0 Å². The predicted octanol–water partition coefficient (Wildman–Crippen LogP) is 1.61. The third-order valence-corrected chi connectivity index (χ3v) is 2.71. The zero-order chi connectivity index (χ0) is 11.8. The van der Waals surface area contributed by atoms with Gasteiger partial charge in [0.2, 0.25) is 0 Å². The molecule has 1 aromatic carbocycles. The van der Waals surface area contributed by atoms with Gasteiger partial charge in [0.15, 0.2) is 0 Å². The number of nitrogens with zero attached hydrogens (tertiary/aromatic N) is 4. The van der Waals surface area contributed by atoms with Crippen LogP contribution in [0.15, 0.2) is 36.9 Å². The van der Waals surface area contributed by atoms with Gasteiger partial charge in [0.1, 0.15) is 12.1 Å². The van der Waals surface area contributed by atoms with Crippen molar-refractivity contribution < 1.29 is 0 Å². The van der Waals surface area contributed by atoms with Crippen molar-refractivity contribution in [2.24, 2.45) is 7.05 Å². The summed E-state index contributed by atoms with van der Waals surface area (Å²) in [6.07, 6.45) is 5.27. The SMILES string of the molecule is Cn1cc(-c2ccc3c(N)ncnc3c2)cn1. The zero-order valence-corrected chi connectivity index (χ0v) is 9.33. The topological polar surface area (TPSA) is 69.6 Å². The van der Waals surface area contributed by atoms with Gasteiger partial charge in [0, 0.05) is 24.2 Å². The fraction of sp³-hybridized carbons (Fsp3) is 0.0833. The highest BCUT2D eigenvalue weighted by Gasteiger charge is 2.04. The quantitative estimate of drug-likeness (QED) is 0.683. The number of rotatable bonds is 1. The van der Waals surface area contributed by atoms with Crippen molar-refractivity contribution in [3.05, 3.63) is 36.9 Å². The molecular formula is C12H11N5. The summed E-state index contributed by atoms with van der Waals surface area (Å²) in [6, 6.07) is 5.93. The lowest BCUT2D eigenvalue weighted by molar-refractivity contribution is 0.768. The number of anilines is 1. The number of fused-ring (bicyclic) bond motifs is 1. The Morgan fingerprint density at radius 3 is 2.82 bits per heavy atom. The third-order valence-electron chi connectivity index (χ3n) is 2.71. The van der Waals surface area contributed by atoms with Crippen LogP contribution in [-0.2, 0) is 7.05 Å². The first-order valence-corrected chi connectivity index (χ1v) is 5.23. The third kappa shape index (κ3) is 1.61. The van der Waals surface area contributed by atoms with Gasteiger partial charge in [0.05, 0.1) is 11.7 Å². The second-order valence-corrected chi connectivity index (χ2v) is 3.89. The Hall–Kier alpha value is -2.43. The number of hydrogen-bond acceptors (Lipinski definition) is 4. The van der Waals surface area contributed by atoms with Gasteiger partial charge in [-0.3, -0.25) is 4.68 Å². The summed E-state index contributed by atoms with van der Waals surface area (Å²) < 4.78 is 1.77. The number of benzene rings is 1. The summed E-state index contributed by atoms with van der Waals surface area (Å²) in [5.41, 5.74) is 8.76. The molecule has 2 heterocycles. The standard InChI is InChI=1S/C12H11N5/c1-17-6-9(5-16-17)8-2-3-10-11(4-8)14-7-15-12(10)13/h2-7H,1H3,(H2,13,14,15). The second-order valence-electron chi connectivity index (χ2n) is 3.89. The fourth-order valence-electron chi connectivity index (χ4n) is 1.83. The predicted molar refractivity (Wildman–Crippen MR) is 66.2 cm³/mol. The maximum absolute atomic E-state index is 5.78. The average molecular weight is 225 g/mol. The Balaban J connectivity index is 2.20. The average Bonchev–Trinajstić information content (AvgIpc) is 2.76. The van der Waals surface area contributed by atoms with E-state index in [9.17, 15) is 0 Å². The van der Waals surface area contributed by atoms with Gasteiger partial charge in [-0.05, 0) is 17.7 Å². The van der Waals surface area contributed by atoms with Crippen molar-refractivity contribution in [1.82, 2.24) is 19.7 Å². The fourth-order valence-corrected chi connectivity index (χ4v) is 1.83. The van der Waals surface area contributed by atoms with Crippen LogP contribution in [0.3, 0.4) is 0 Å². The van der Waals surface area contributed by atoms with Crippen molar-refractivity contribution in [3.8, 4) is 11.1 Å². The highest BCUT2D eigenvalue weighted by atomic mass is 15.2. The molecule has 0 amide bonds. The van der Waals surface area contributed by atoms with Crippen molar-refractivity contribution >= 4 is 16.7 Å². The number of aromatic nitrogens is 4. The Kier molecular flexibility index (Phi) is 2.04. The van der Waals surface area contributed by atoms with E-state index in [1.165, 1.54) is 6.33 Å². The van der Waals surface area contributed by atoms with Crippen molar-refractivity contribution in [1.29, 1.82) is 0 Å². The molecule has 5 heteroatoms. The van der Waals surface area contributed by atoms with Crippen LogP contribution < -0.4 is 5.73 Å². The van der Waals surface area contributed by atoms with Crippen LogP contribution in [0.5, 0.6) is 0 Å². The molecule has 5 nitrogen and oxygen atoms in total. The molecule has 0 saturated heterocycles. The summed E-state index contributed by atoms with van der Waals surface area (Å²) in [6.45, 7) is 0. The highest BCUT2D eigenvalue weighted by molar-refractivity contribution is 5.90. The molecule has 0 bridgehead atoms. The summed E-state index contributed by atoms with van der Waals surface area (Å²) in [5, 5.41) is 5.02. The van der Waals surface area contributed by atoms with E-state index in [1.807, 2.05) is 37.6 Å². The highest BCUT2D eigenvalue weighted by Crippen LogP contribution is 2.24. The number of aryl methyl sites for hydroxylation is 1. The second kappa shape index (κ2) is 3.55. The molecule has 3 rings (SSSR count). The summed E-state index contributed by atoms with van der Waals surface area (Å²) in [7, 11) is 1.89. The number of nitrogens with two attached hydrogens (primary N) is 1. The lowest BCUT2D eigenvalue weighted by Gasteiger charge is -2.02. The van der Waals surface area contributed by atoms with Crippen LogP contribution in [-0.4, -0.2) is 19.7 Å². The number of nitrogen functional groups attached to an aromatic ring is 1. The van der Waals surface area contributed by atoms with Crippen LogP contribution in [0.1, 0.15) is 0 Å². The van der Waals surface area contributed by atoms with Crippen LogP contribution in [0.2, 0.25) is 0 Å². The Bertz CT molecular complexity index is 686. The first-order valence-electron chi connectivity index (χ1n) is 5.23. The van der Waals surface area contributed by atoms with Crippen molar-refractivity contribution in [2.75, 3.05) is 5.73 Å². The van der Waals surface area contributed by atoms with E-state index in [-0.39, 0.29) is 0 Å². The molecule has 0 saturated carbocycles. The largest absolute Gasteiger partial charge is 0.383 e. The van der Waals surface area contributed by atoms with Gasteiger partial charge in [-0.2, -0.15) is 5.10 Å². The minimum atomic E-state index is 0.507. The number of hydrogen-bond donors (Lipinski definition) is 1. The summed E-state index contributed by atoms with van der Waals surface area (Å²) >= 11 is 0. The van der Waals surface area contributed by atoms with Crippen molar-refractivity contribution in [3.63, 3.8) is 0 Å². The Morgan fingerprint density at radius 2 is 2.06 bits per heavy atom. The maximum Gasteiger partial charge on any atom is 0.134 e. The lowest BCUT2D eigenvalue weighted by Crippen LogP contribution is -1.93.